The van der Waals surface area contributed by atoms with Gasteiger partial charge < -0.3 is 4.74 Å². The third-order valence-corrected chi connectivity index (χ3v) is 9.88. The molecule has 0 bridgehead atoms. The Balaban J connectivity index is 1.13. The zero-order valence-corrected chi connectivity index (χ0v) is 23.0. The van der Waals surface area contributed by atoms with E-state index in [4.69, 9.17) is 4.74 Å². The van der Waals surface area contributed by atoms with Crippen LogP contribution in [0.5, 0.6) is 5.75 Å². The second kappa shape index (κ2) is 14.0. The summed E-state index contributed by atoms with van der Waals surface area (Å²) >= 11 is 0. The molecule has 202 valence electrons. The first kappa shape index (κ1) is 27.6. The Kier molecular flexibility index (Phi) is 10.7. The quantitative estimate of drug-likeness (QED) is 0.290. The highest BCUT2D eigenvalue weighted by molar-refractivity contribution is 5.33. The van der Waals surface area contributed by atoms with Crippen LogP contribution in [0.15, 0.2) is 24.3 Å². The number of benzene rings is 1. The standard InChI is InChI=1S/C33H50F2O/c1-3-7-24-10-12-25(13-11-24)8-5-6-9-26-14-16-27(17-15-26)28-18-20-29(21-19-28)30-22-23-31(36-4-2)33(35)32(30)34/h5,8,22-29H,3-4,6-7,9-21H2,1-2H3/b8-5+. The highest BCUT2D eigenvalue weighted by Gasteiger charge is 2.32. The zero-order chi connectivity index (χ0) is 25.3. The Morgan fingerprint density at radius 3 is 2.00 bits per heavy atom. The van der Waals surface area contributed by atoms with Crippen molar-refractivity contribution in [3.05, 3.63) is 41.5 Å². The lowest BCUT2D eigenvalue weighted by Crippen LogP contribution is -2.25. The number of allylic oxidation sites excluding steroid dienone is 2. The Hall–Kier alpha value is -1.38. The van der Waals surface area contributed by atoms with Gasteiger partial charge in [0.1, 0.15) is 0 Å². The third kappa shape index (κ3) is 7.35. The number of ether oxygens (including phenoxy) is 1. The van der Waals surface area contributed by atoms with Gasteiger partial charge >= 0.3 is 0 Å². The molecule has 36 heavy (non-hydrogen) atoms. The van der Waals surface area contributed by atoms with E-state index in [-0.39, 0.29) is 11.7 Å². The fourth-order valence-corrected chi connectivity index (χ4v) is 7.68. The van der Waals surface area contributed by atoms with E-state index in [1.807, 2.05) is 0 Å². The van der Waals surface area contributed by atoms with E-state index in [9.17, 15) is 8.78 Å². The molecule has 3 fully saturated rings. The maximum Gasteiger partial charge on any atom is 0.200 e. The average molecular weight is 501 g/mol. The van der Waals surface area contributed by atoms with Gasteiger partial charge in [0, 0.05) is 0 Å². The summed E-state index contributed by atoms with van der Waals surface area (Å²) in [6.45, 7) is 4.46. The molecule has 3 aliphatic rings. The normalized spacial score (nSPS) is 31.6. The molecule has 0 spiro atoms. The summed E-state index contributed by atoms with van der Waals surface area (Å²) in [5.41, 5.74) is 0.556. The fourth-order valence-electron chi connectivity index (χ4n) is 7.68. The van der Waals surface area contributed by atoms with Gasteiger partial charge in [-0.05, 0) is 131 Å². The summed E-state index contributed by atoms with van der Waals surface area (Å²) in [7, 11) is 0. The predicted octanol–water partition coefficient (Wildman–Crippen LogP) is 10.4. The maximum absolute atomic E-state index is 14.7. The lowest BCUT2D eigenvalue weighted by molar-refractivity contribution is 0.156. The van der Waals surface area contributed by atoms with Crippen LogP contribution in [-0.2, 0) is 0 Å². The second-order valence-corrected chi connectivity index (χ2v) is 12.2. The first-order valence-corrected chi connectivity index (χ1v) is 15.4. The summed E-state index contributed by atoms with van der Waals surface area (Å²) in [5, 5.41) is 0. The smallest absolute Gasteiger partial charge is 0.200 e. The molecule has 4 rings (SSSR count). The van der Waals surface area contributed by atoms with Crippen molar-refractivity contribution in [2.75, 3.05) is 6.61 Å². The molecule has 3 saturated carbocycles. The monoisotopic (exact) mass is 500 g/mol. The molecule has 0 aliphatic heterocycles. The Morgan fingerprint density at radius 1 is 0.750 bits per heavy atom. The first-order valence-electron chi connectivity index (χ1n) is 15.4. The number of rotatable bonds is 10. The van der Waals surface area contributed by atoms with Crippen molar-refractivity contribution in [1.82, 2.24) is 0 Å². The van der Waals surface area contributed by atoms with Gasteiger partial charge in [-0.25, -0.2) is 4.39 Å². The predicted molar refractivity (Wildman–Crippen MR) is 146 cm³/mol. The van der Waals surface area contributed by atoms with E-state index in [0.717, 1.165) is 55.3 Å². The van der Waals surface area contributed by atoms with Gasteiger partial charge in [-0.15, -0.1) is 0 Å². The van der Waals surface area contributed by atoms with Crippen LogP contribution in [0.4, 0.5) is 8.78 Å². The third-order valence-electron chi connectivity index (χ3n) is 9.88. The van der Waals surface area contributed by atoms with Crippen LogP contribution < -0.4 is 4.74 Å². The summed E-state index contributed by atoms with van der Waals surface area (Å²) < 4.78 is 34.2. The van der Waals surface area contributed by atoms with Gasteiger partial charge in [0.05, 0.1) is 6.61 Å². The van der Waals surface area contributed by atoms with Gasteiger partial charge in [-0.1, -0.05) is 50.8 Å². The van der Waals surface area contributed by atoms with Gasteiger partial charge in [0.25, 0.3) is 0 Å². The van der Waals surface area contributed by atoms with Crippen LogP contribution in [0.3, 0.4) is 0 Å². The van der Waals surface area contributed by atoms with Crippen LogP contribution >= 0.6 is 0 Å². The summed E-state index contributed by atoms with van der Waals surface area (Å²) in [4.78, 5) is 0. The van der Waals surface area contributed by atoms with Crippen LogP contribution in [0.2, 0.25) is 0 Å². The maximum atomic E-state index is 14.7. The Morgan fingerprint density at radius 2 is 1.36 bits per heavy atom. The molecule has 0 N–H and O–H groups in total. The topological polar surface area (TPSA) is 9.23 Å². The molecular weight excluding hydrogens is 450 g/mol. The molecule has 0 heterocycles. The van der Waals surface area contributed by atoms with E-state index in [1.54, 1.807) is 19.1 Å². The molecular formula is C33H50F2O. The van der Waals surface area contributed by atoms with Crippen molar-refractivity contribution in [3.8, 4) is 5.75 Å². The molecule has 3 heteroatoms. The average Bonchev–Trinajstić information content (AvgIpc) is 2.91. The molecule has 0 saturated heterocycles. The molecule has 1 nitrogen and oxygen atoms in total. The van der Waals surface area contributed by atoms with Gasteiger partial charge in [0.15, 0.2) is 11.6 Å². The molecule has 0 aromatic heterocycles. The van der Waals surface area contributed by atoms with E-state index in [1.165, 1.54) is 77.0 Å². The highest BCUT2D eigenvalue weighted by atomic mass is 19.2. The van der Waals surface area contributed by atoms with E-state index in [0.29, 0.717) is 12.2 Å². The SMILES string of the molecule is CCCC1CCC(/C=C/CCC2CCC(C3CCC(c4ccc(OCC)c(F)c4F)CC3)CC2)CC1. The minimum Gasteiger partial charge on any atom is -0.491 e. The molecule has 0 unspecified atom stereocenters. The van der Waals surface area contributed by atoms with Crippen molar-refractivity contribution >= 4 is 0 Å². The van der Waals surface area contributed by atoms with Crippen molar-refractivity contribution in [1.29, 1.82) is 0 Å². The molecule has 1 aromatic carbocycles. The van der Waals surface area contributed by atoms with Crippen LogP contribution in [0.25, 0.3) is 0 Å². The summed E-state index contributed by atoms with van der Waals surface area (Å²) in [5.74, 6) is 3.05. The summed E-state index contributed by atoms with van der Waals surface area (Å²) in [6.07, 6.45) is 26.0. The fraction of sp³-hybridized carbons (Fsp3) is 0.758. The molecule has 1 aromatic rings. The number of hydrogen-bond donors (Lipinski definition) is 0. The summed E-state index contributed by atoms with van der Waals surface area (Å²) in [6, 6.07) is 3.36. The van der Waals surface area contributed by atoms with E-state index < -0.39 is 11.6 Å². The second-order valence-electron chi connectivity index (χ2n) is 12.2. The molecule has 0 radical (unpaired) electrons. The molecule has 0 atom stereocenters. The van der Waals surface area contributed by atoms with Crippen molar-refractivity contribution in [3.63, 3.8) is 0 Å². The van der Waals surface area contributed by atoms with Crippen molar-refractivity contribution < 1.29 is 13.5 Å². The van der Waals surface area contributed by atoms with Crippen LogP contribution in [-0.4, -0.2) is 6.61 Å². The molecule has 0 amide bonds. The minimum atomic E-state index is -0.816. The Labute approximate surface area is 219 Å². The van der Waals surface area contributed by atoms with Crippen molar-refractivity contribution in [2.45, 2.75) is 122 Å². The van der Waals surface area contributed by atoms with Crippen LogP contribution in [0, 0.1) is 41.2 Å². The minimum absolute atomic E-state index is 0.0363. The lowest BCUT2D eigenvalue weighted by Gasteiger charge is -2.38. The van der Waals surface area contributed by atoms with E-state index >= 15 is 0 Å². The first-order chi connectivity index (χ1) is 17.6. The molecule has 3 aliphatic carbocycles. The highest BCUT2D eigenvalue weighted by Crippen LogP contribution is 2.45. The van der Waals surface area contributed by atoms with Gasteiger partial charge in [-0.2, -0.15) is 4.39 Å². The number of hydrogen-bond acceptors (Lipinski definition) is 1. The largest absolute Gasteiger partial charge is 0.491 e. The number of halogens is 2. The zero-order valence-electron chi connectivity index (χ0n) is 23.0. The van der Waals surface area contributed by atoms with Gasteiger partial charge in [0.2, 0.25) is 5.82 Å². The lowest BCUT2D eigenvalue weighted by atomic mass is 9.68. The Bertz CT molecular complexity index is 809. The van der Waals surface area contributed by atoms with Crippen molar-refractivity contribution in [2.24, 2.45) is 29.6 Å². The van der Waals surface area contributed by atoms with E-state index in [2.05, 4.69) is 19.1 Å². The van der Waals surface area contributed by atoms with Gasteiger partial charge in [-0.3, -0.25) is 0 Å². The van der Waals surface area contributed by atoms with Crippen LogP contribution in [0.1, 0.15) is 128 Å².